The first-order valence-corrected chi connectivity index (χ1v) is 8.72. The predicted molar refractivity (Wildman–Crippen MR) is 100 cm³/mol. The molecule has 0 saturated carbocycles. The summed E-state index contributed by atoms with van der Waals surface area (Å²) in [7, 11) is 0. The number of aliphatic hydroxyl groups is 1. The minimum atomic E-state index is 0.280. The van der Waals surface area contributed by atoms with Crippen molar-refractivity contribution in [2.45, 2.75) is 26.3 Å². The number of rotatable bonds is 3. The summed E-state index contributed by atoms with van der Waals surface area (Å²) in [5.74, 6) is 0.280. The topological polar surface area (TPSA) is 82.1 Å². The highest BCUT2D eigenvalue weighted by atomic mass is 16.3. The lowest BCUT2D eigenvalue weighted by molar-refractivity contribution is 0.406. The van der Waals surface area contributed by atoms with Crippen molar-refractivity contribution in [1.29, 1.82) is 0 Å². The van der Waals surface area contributed by atoms with Gasteiger partial charge < -0.3 is 21.1 Å². The quantitative estimate of drug-likeness (QED) is 0.687. The number of aromatic nitrogens is 2. The lowest BCUT2D eigenvalue weighted by Crippen LogP contribution is -2.22. The van der Waals surface area contributed by atoms with Crippen molar-refractivity contribution in [2.24, 2.45) is 0 Å². The summed E-state index contributed by atoms with van der Waals surface area (Å²) in [5, 5.41) is 19.3. The highest BCUT2D eigenvalue weighted by Crippen LogP contribution is 2.17. The van der Waals surface area contributed by atoms with Crippen molar-refractivity contribution >= 4 is 11.0 Å². The van der Waals surface area contributed by atoms with Gasteiger partial charge in [0.2, 0.25) is 0 Å². The van der Waals surface area contributed by atoms with Crippen LogP contribution in [0.1, 0.15) is 24.0 Å². The van der Waals surface area contributed by atoms with E-state index >= 15 is 0 Å². The number of nitrogens with zero attached hydrogens (tertiary/aromatic N) is 2. The van der Waals surface area contributed by atoms with E-state index in [0.717, 1.165) is 22.2 Å². The summed E-state index contributed by atoms with van der Waals surface area (Å²) in [5.41, 5.74) is 4.77. The highest BCUT2D eigenvalue weighted by Gasteiger charge is 2.08. The fourth-order valence-corrected chi connectivity index (χ4v) is 2.81. The average molecular weight is 339 g/mol. The van der Waals surface area contributed by atoms with Crippen LogP contribution in [0.15, 0.2) is 48.3 Å². The maximum Gasteiger partial charge on any atom is 0.137 e. The molecular weight excluding hydrogens is 314 g/mol. The standard InChI is InChI=1S/C15H16N4O.C4H9N/c1-10-6-12-13(18-5-4-17-12)7-11(10)8-19-14-9-16-3-2-15(14)20;1-2-4-5-3-1/h2,4-7,9,16,19-20H,3,8H2,1H3;5H,1-4H2. The molecule has 0 amide bonds. The van der Waals surface area contributed by atoms with Gasteiger partial charge in [0, 0.05) is 31.7 Å². The van der Waals surface area contributed by atoms with E-state index in [2.05, 4.69) is 25.9 Å². The highest BCUT2D eigenvalue weighted by molar-refractivity contribution is 5.75. The summed E-state index contributed by atoms with van der Waals surface area (Å²) in [4.78, 5) is 8.61. The average Bonchev–Trinajstić information content (AvgIpc) is 3.21. The molecule has 0 atom stereocenters. The molecule has 1 fully saturated rings. The van der Waals surface area contributed by atoms with Crippen LogP contribution < -0.4 is 16.0 Å². The first kappa shape index (κ1) is 17.2. The molecule has 3 heterocycles. The lowest BCUT2D eigenvalue weighted by Gasteiger charge is -2.15. The van der Waals surface area contributed by atoms with E-state index in [1.807, 2.05) is 19.1 Å². The minimum Gasteiger partial charge on any atom is -0.506 e. The van der Waals surface area contributed by atoms with Gasteiger partial charge in [-0.25, -0.2) is 0 Å². The van der Waals surface area contributed by atoms with Gasteiger partial charge in [-0.3, -0.25) is 9.97 Å². The van der Waals surface area contributed by atoms with Crippen LogP contribution >= 0.6 is 0 Å². The molecular formula is C19H25N5O. The van der Waals surface area contributed by atoms with Gasteiger partial charge in [-0.1, -0.05) is 0 Å². The van der Waals surface area contributed by atoms with E-state index in [1.165, 1.54) is 25.9 Å². The Bertz CT molecular complexity index is 773. The molecule has 25 heavy (non-hydrogen) atoms. The maximum absolute atomic E-state index is 9.76. The van der Waals surface area contributed by atoms with E-state index < -0.39 is 0 Å². The van der Waals surface area contributed by atoms with Gasteiger partial charge in [0.1, 0.15) is 5.76 Å². The fraction of sp³-hybridized carbons (Fsp3) is 0.368. The van der Waals surface area contributed by atoms with Crippen LogP contribution in [0.4, 0.5) is 0 Å². The van der Waals surface area contributed by atoms with Crippen LogP contribution in [-0.4, -0.2) is 34.7 Å². The zero-order valence-electron chi connectivity index (χ0n) is 14.5. The molecule has 1 aromatic heterocycles. The number of benzene rings is 1. The van der Waals surface area contributed by atoms with Crippen molar-refractivity contribution in [3.05, 3.63) is 59.4 Å². The van der Waals surface area contributed by atoms with Crippen molar-refractivity contribution in [3.8, 4) is 0 Å². The third-order valence-electron chi connectivity index (χ3n) is 4.29. The van der Waals surface area contributed by atoms with Gasteiger partial charge >= 0.3 is 0 Å². The number of hydrogen-bond acceptors (Lipinski definition) is 6. The Morgan fingerprint density at radius 2 is 1.84 bits per heavy atom. The monoisotopic (exact) mass is 339 g/mol. The molecule has 2 aliphatic heterocycles. The first-order chi connectivity index (χ1) is 12.2. The third kappa shape index (κ3) is 4.70. The molecule has 0 aliphatic carbocycles. The van der Waals surface area contributed by atoms with Gasteiger partial charge in [0.15, 0.2) is 0 Å². The van der Waals surface area contributed by atoms with E-state index in [4.69, 9.17) is 0 Å². The summed E-state index contributed by atoms with van der Waals surface area (Å²) < 4.78 is 0. The second kappa shape index (κ2) is 8.48. The molecule has 0 unspecified atom stereocenters. The van der Waals surface area contributed by atoms with Crippen molar-refractivity contribution in [3.63, 3.8) is 0 Å². The maximum atomic E-state index is 9.76. The number of fused-ring (bicyclic) bond motifs is 1. The zero-order valence-corrected chi connectivity index (χ0v) is 14.5. The molecule has 0 radical (unpaired) electrons. The summed E-state index contributed by atoms with van der Waals surface area (Å²) in [6.07, 6.45) is 9.69. The van der Waals surface area contributed by atoms with Crippen LogP contribution in [0, 0.1) is 6.92 Å². The molecule has 2 aromatic rings. The van der Waals surface area contributed by atoms with Gasteiger partial charge in [-0.15, -0.1) is 0 Å². The molecule has 4 rings (SSSR count). The van der Waals surface area contributed by atoms with E-state index in [9.17, 15) is 5.11 Å². The van der Waals surface area contributed by atoms with Crippen LogP contribution in [0.2, 0.25) is 0 Å². The van der Waals surface area contributed by atoms with Gasteiger partial charge in [0.05, 0.1) is 16.7 Å². The Morgan fingerprint density at radius 3 is 2.48 bits per heavy atom. The molecule has 4 N–H and O–H groups in total. The largest absolute Gasteiger partial charge is 0.506 e. The van der Waals surface area contributed by atoms with Gasteiger partial charge in [-0.05, 0) is 62.2 Å². The second-order valence-corrected chi connectivity index (χ2v) is 6.19. The normalized spacial score (nSPS) is 16.4. The SMILES string of the molecule is C1CCNC1.Cc1cc2nccnc2cc1CNC1=CNCC=C1O. The second-order valence-electron chi connectivity index (χ2n) is 6.19. The Hall–Kier alpha value is -2.60. The Labute approximate surface area is 148 Å². The van der Waals surface area contributed by atoms with Crippen LogP contribution in [0.3, 0.4) is 0 Å². The molecule has 6 heteroatoms. The van der Waals surface area contributed by atoms with Gasteiger partial charge in [-0.2, -0.15) is 0 Å². The minimum absolute atomic E-state index is 0.280. The molecule has 6 nitrogen and oxygen atoms in total. The van der Waals surface area contributed by atoms with Crippen LogP contribution in [0.5, 0.6) is 0 Å². The lowest BCUT2D eigenvalue weighted by atomic mass is 10.1. The number of hydrogen-bond donors (Lipinski definition) is 4. The first-order valence-electron chi connectivity index (χ1n) is 8.72. The Morgan fingerprint density at radius 1 is 1.12 bits per heavy atom. The van der Waals surface area contributed by atoms with E-state index in [-0.39, 0.29) is 5.76 Å². The Kier molecular flexibility index (Phi) is 5.85. The van der Waals surface area contributed by atoms with Crippen molar-refractivity contribution in [1.82, 2.24) is 25.9 Å². The number of aliphatic hydroxyl groups excluding tert-OH is 1. The van der Waals surface area contributed by atoms with Gasteiger partial charge in [0.25, 0.3) is 0 Å². The zero-order chi connectivity index (χ0) is 17.5. The molecule has 0 spiro atoms. The van der Waals surface area contributed by atoms with Crippen molar-refractivity contribution < 1.29 is 5.11 Å². The van der Waals surface area contributed by atoms with Crippen LogP contribution in [0.25, 0.3) is 11.0 Å². The summed E-state index contributed by atoms with van der Waals surface area (Å²) in [6, 6.07) is 4.06. The molecule has 132 valence electrons. The number of aryl methyl sites for hydroxylation is 1. The van der Waals surface area contributed by atoms with E-state index in [0.29, 0.717) is 18.8 Å². The van der Waals surface area contributed by atoms with Crippen molar-refractivity contribution in [2.75, 3.05) is 19.6 Å². The molecule has 1 aromatic carbocycles. The predicted octanol–water partition coefficient (Wildman–Crippen LogP) is 2.28. The molecule has 2 aliphatic rings. The number of nitrogens with one attached hydrogen (secondary N) is 3. The molecule has 1 saturated heterocycles. The van der Waals surface area contributed by atoms with E-state index in [1.54, 1.807) is 24.7 Å². The number of dihydropyridines is 1. The Balaban J connectivity index is 0.000000314. The third-order valence-corrected chi connectivity index (χ3v) is 4.29. The fourth-order valence-electron chi connectivity index (χ4n) is 2.81. The summed E-state index contributed by atoms with van der Waals surface area (Å²) >= 11 is 0. The van der Waals surface area contributed by atoms with Crippen LogP contribution in [-0.2, 0) is 6.54 Å². The smallest absolute Gasteiger partial charge is 0.137 e. The summed E-state index contributed by atoms with van der Waals surface area (Å²) in [6.45, 7) is 5.83. The molecule has 0 bridgehead atoms.